The molecule has 1 spiro atoms. The van der Waals surface area contributed by atoms with E-state index in [2.05, 4.69) is 4.98 Å². The summed E-state index contributed by atoms with van der Waals surface area (Å²) < 4.78 is 25.3. The molecular weight excluding hydrogens is 283 g/mol. The van der Waals surface area contributed by atoms with E-state index in [1.807, 2.05) is 11.9 Å². The minimum Gasteiger partial charge on any atom is -0.354 e. The summed E-state index contributed by atoms with van der Waals surface area (Å²) in [6.07, 6.45) is 4.97. The zero-order valence-electron chi connectivity index (χ0n) is 11.4. The van der Waals surface area contributed by atoms with Gasteiger partial charge in [0, 0.05) is 32.1 Å². The SMILES string of the molecule is CN(c1ncc(Cl)cc1F)C1CCC2(CC1)OCCO2. The molecule has 0 unspecified atom stereocenters. The first-order valence-corrected chi connectivity index (χ1v) is 7.29. The number of nitrogens with zero attached hydrogens (tertiary/aromatic N) is 2. The Labute approximate surface area is 122 Å². The molecule has 3 rings (SSSR count). The number of hydrogen-bond donors (Lipinski definition) is 0. The molecule has 1 saturated heterocycles. The molecule has 0 atom stereocenters. The summed E-state index contributed by atoms with van der Waals surface area (Å²) in [5.41, 5.74) is 0. The van der Waals surface area contributed by atoms with E-state index in [-0.39, 0.29) is 17.6 Å². The molecule has 0 radical (unpaired) electrons. The first kappa shape index (κ1) is 14.0. The van der Waals surface area contributed by atoms with Gasteiger partial charge in [-0.05, 0) is 18.9 Å². The van der Waals surface area contributed by atoms with Gasteiger partial charge in [-0.3, -0.25) is 0 Å². The zero-order valence-corrected chi connectivity index (χ0v) is 12.2. The van der Waals surface area contributed by atoms with Crippen LogP contribution >= 0.6 is 11.6 Å². The zero-order chi connectivity index (χ0) is 14.2. The third-order valence-corrected chi connectivity index (χ3v) is 4.41. The molecule has 0 N–H and O–H groups in total. The van der Waals surface area contributed by atoms with Gasteiger partial charge in [0.15, 0.2) is 17.4 Å². The Balaban J connectivity index is 1.68. The highest BCUT2D eigenvalue weighted by atomic mass is 35.5. The molecule has 2 fully saturated rings. The van der Waals surface area contributed by atoms with Gasteiger partial charge < -0.3 is 14.4 Å². The number of aromatic nitrogens is 1. The first-order chi connectivity index (χ1) is 9.60. The highest BCUT2D eigenvalue weighted by Gasteiger charge is 2.41. The predicted molar refractivity (Wildman–Crippen MR) is 74.5 cm³/mol. The number of rotatable bonds is 2. The van der Waals surface area contributed by atoms with Crippen molar-refractivity contribution >= 4 is 17.4 Å². The van der Waals surface area contributed by atoms with Gasteiger partial charge in [-0.15, -0.1) is 0 Å². The third-order valence-electron chi connectivity index (χ3n) is 4.20. The molecule has 110 valence electrons. The van der Waals surface area contributed by atoms with Crippen LogP contribution in [0.3, 0.4) is 0 Å². The van der Waals surface area contributed by atoms with Crippen LogP contribution in [-0.2, 0) is 9.47 Å². The summed E-state index contributed by atoms with van der Waals surface area (Å²) in [6, 6.07) is 1.55. The molecule has 0 aromatic carbocycles. The Morgan fingerprint density at radius 1 is 1.35 bits per heavy atom. The van der Waals surface area contributed by atoms with Gasteiger partial charge in [0.1, 0.15) is 0 Å². The van der Waals surface area contributed by atoms with Gasteiger partial charge in [0.05, 0.1) is 18.2 Å². The molecule has 0 bridgehead atoms. The second-order valence-corrected chi connectivity index (χ2v) is 5.85. The maximum absolute atomic E-state index is 13.9. The molecule has 6 heteroatoms. The Morgan fingerprint density at radius 3 is 2.60 bits per heavy atom. The molecule has 4 nitrogen and oxygen atoms in total. The molecule has 0 amide bonds. The van der Waals surface area contributed by atoms with Crippen LogP contribution in [0.15, 0.2) is 12.3 Å². The van der Waals surface area contributed by atoms with Crippen molar-refractivity contribution in [1.82, 2.24) is 4.98 Å². The second kappa shape index (κ2) is 5.47. The Hall–Kier alpha value is -0.910. The fourth-order valence-corrected chi connectivity index (χ4v) is 3.20. The summed E-state index contributed by atoms with van der Waals surface area (Å²) in [4.78, 5) is 5.99. The number of hydrogen-bond acceptors (Lipinski definition) is 4. The van der Waals surface area contributed by atoms with Gasteiger partial charge in [-0.1, -0.05) is 11.6 Å². The van der Waals surface area contributed by atoms with E-state index in [9.17, 15) is 4.39 Å². The largest absolute Gasteiger partial charge is 0.354 e. The molecule has 1 saturated carbocycles. The average Bonchev–Trinajstić information content (AvgIpc) is 2.87. The van der Waals surface area contributed by atoms with Crippen molar-refractivity contribution in [3.8, 4) is 0 Å². The lowest BCUT2D eigenvalue weighted by molar-refractivity contribution is -0.178. The van der Waals surface area contributed by atoms with E-state index in [0.29, 0.717) is 24.1 Å². The highest BCUT2D eigenvalue weighted by Crippen LogP contribution is 2.38. The normalized spacial score (nSPS) is 22.4. The lowest BCUT2D eigenvalue weighted by Gasteiger charge is -2.39. The molecule has 2 heterocycles. The van der Waals surface area contributed by atoms with Gasteiger partial charge >= 0.3 is 0 Å². The molecule has 1 aliphatic heterocycles. The first-order valence-electron chi connectivity index (χ1n) is 6.91. The standard InChI is InChI=1S/C14H18ClFN2O2/c1-18(13-12(16)8-10(15)9-17-13)11-2-4-14(5-3-11)19-6-7-20-14/h8-9,11H,2-7H2,1H3. The van der Waals surface area contributed by atoms with Gasteiger partial charge in [0.25, 0.3) is 0 Å². The minimum atomic E-state index is -0.386. The van der Waals surface area contributed by atoms with Gasteiger partial charge in [0.2, 0.25) is 0 Å². The summed E-state index contributed by atoms with van der Waals surface area (Å²) >= 11 is 5.74. The van der Waals surface area contributed by atoms with E-state index in [4.69, 9.17) is 21.1 Å². The monoisotopic (exact) mass is 300 g/mol. The predicted octanol–water partition coefficient (Wildman–Crippen LogP) is 3.00. The van der Waals surface area contributed by atoms with Crippen LogP contribution in [0.5, 0.6) is 0 Å². The molecule has 1 aromatic rings. The third kappa shape index (κ3) is 2.62. The van der Waals surface area contributed by atoms with Crippen molar-refractivity contribution < 1.29 is 13.9 Å². The van der Waals surface area contributed by atoms with Crippen molar-refractivity contribution in [1.29, 1.82) is 0 Å². The molecule has 1 aromatic heterocycles. The van der Waals surface area contributed by atoms with E-state index in [1.54, 1.807) is 0 Å². The van der Waals surface area contributed by atoms with Crippen molar-refractivity contribution in [3.05, 3.63) is 23.1 Å². The van der Waals surface area contributed by atoms with Crippen LogP contribution in [0.2, 0.25) is 5.02 Å². The average molecular weight is 301 g/mol. The molecule has 2 aliphatic rings. The smallest absolute Gasteiger partial charge is 0.168 e. The quantitative estimate of drug-likeness (QED) is 0.841. The Kier molecular flexibility index (Phi) is 3.84. The fourth-order valence-electron chi connectivity index (χ4n) is 3.06. The highest BCUT2D eigenvalue weighted by molar-refractivity contribution is 6.30. The van der Waals surface area contributed by atoms with Gasteiger partial charge in [-0.25, -0.2) is 9.37 Å². The van der Waals surface area contributed by atoms with Crippen LogP contribution < -0.4 is 4.90 Å². The number of anilines is 1. The number of pyridine rings is 1. The van der Waals surface area contributed by atoms with Crippen molar-refractivity contribution in [2.24, 2.45) is 0 Å². The summed E-state index contributed by atoms with van der Waals surface area (Å²) in [5, 5.41) is 0.315. The molecule has 20 heavy (non-hydrogen) atoms. The fraction of sp³-hybridized carbons (Fsp3) is 0.643. The number of ether oxygens (including phenoxy) is 2. The van der Waals surface area contributed by atoms with E-state index in [0.717, 1.165) is 25.7 Å². The summed E-state index contributed by atoms with van der Waals surface area (Å²) in [5.74, 6) is -0.416. The lowest BCUT2D eigenvalue weighted by Crippen LogP contribution is -2.43. The van der Waals surface area contributed by atoms with Crippen LogP contribution in [-0.4, -0.2) is 37.1 Å². The summed E-state index contributed by atoms with van der Waals surface area (Å²) in [6.45, 7) is 1.35. The second-order valence-electron chi connectivity index (χ2n) is 5.41. The Morgan fingerprint density at radius 2 is 2.00 bits per heavy atom. The lowest BCUT2D eigenvalue weighted by atomic mass is 9.89. The van der Waals surface area contributed by atoms with Crippen molar-refractivity contribution in [2.45, 2.75) is 37.5 Å². The Bertz CT molecular complexity index is 484. The van der Waals surface area contributed by atoms with Crippen LogP contribution in [0.25, 0.3) is 0 Å². The molecule has 1 aliphatic carbocycles. The van der Waals surface area contributed by atoms with E-state index in [1.165, 1.54) is 12.3 Å². The maximum atomic E-state index is 13.9. The van der Waals surface area contributed by atoms with Crippen molar-refractivity contribution in [2.75, 3.05) is 25.2 Å². The van der Waals surface area contributed by atoms with Crippen LogP contribution in [0.1, 0.15) is 25.7 Å². The van der Waals surface area contributed by atoms with E-state index >= 15 is 0 Å². The van der Waals surface area contributed by atoms with Crippen LogP contribution in [0.4, 0.5) is 10.2 Å². The van der Waals surface area contributed by atoms with Crippen LogP contribution in [0, 0.1) is 5.82 Å². The number of halogens is 2. The van der Waals surface area contributed by atoms with E-state index < -0.39 is 0 Å². The minimum absolute atomic E-state index is 0.247. The topological polar surface area (TPSA) is 34.6 Å². The summed E-state index contributed by atoms with van der Waals surface area (Å²) in [7, 11) is 1.87. The maximum Gasteiger partial charge on any atom is 0.168 e. The van der Waals surface area contributed by atoms with Crippen molar-refractivity contribution in [3.63, 3.8) is 0 Å². The van der Waals surface area contributed by atoms with Gasteiger partial charge in [-0.2, -0.15) is 0 Å². The molecular formula is C14H18ClFN2O2.